The molecule has 1 amide bonds. The highest BCUT2D eigenvalue weighted by Crippen LogP contribution is 2.23. The smallest absolute Gasteiger partial charge is 0.243 e. The second-order valence-corrected chi connectivity index (χ2v) is 8.79. The number of hydrogen-bond donors (Lipinski definition) is 1. The van der Waals surface area contributed by atoms with E-state index in [2.05, 4.69) is 5.32 Å². The molecule has 0 unspecified atom stereocenters. The first kappa shape index (κ1) is 23.0. The molecular formula is C21H28FN3O3S. The minimum absolute atomic E-state index is 0.0420. The van der Waals surface area contributed by atoms with E-state index in [1.54, 1.807) is 63.1 Å². The topological polar surface area (TPSA) is 69.7 Å². The van der Waals surface area contributed by atoms with Gasteiger partial charge in [0.15, 0.2) is 0 Å². The lowest BCUT2D eigenvalue weighted by Crippen LogP contribution is -2.31. The molecule has 0 aliphatic carbocycles. The Hall–Kier alpha value is -2.29. The van der Waals surface area contributed by atoms with Crippen LogP contribution in [0.25, 0.3) is 0 Å². The summed E-state index contributed by atoms with van der Waals surface area (Å²) in [6.45, 7) is 6.37. The van der Waals surface area contributed by atoms with E-state index in [1.807, 2.05) is 0 Å². The van der Waals surface area contributed by atoms with Crippen molar-refractivity contribution < 1.29 is 17.6 Å². The highest BCUT2D eigenvalue weighted by molar-refractivity contribution is 7.89. The second-order valence-electron chi connectivity index (χ2n) is 6.88. The summed E-state index contributed by atoms with van der Waals surface area (Å²) in [6.07, 6.45) is 0. The highest BCUT2D eigenvalue weighted by Gasteiger charge is 2.24. The Balaban J connectivity index is 2.10. The van der Waals surface area contributed by atoms with Gasteiger partial charge in [0.2, 0.25) is 15.9 Å². The zero-order valence-electron chi connectivity index (χ0n) is 17.3. The summed E-state index contributed by atoms with van der Waals surface area (Å²) in [4.78, 5) is 14.3. The normalized spacial score (nSPS) is 11.8. The molecule has 1 N–H and O–H groups in total. The van der Waals surface area contributed by atoms with Gasteiger partial charge in [0.05, 0.1) is 11.4 Å². The molecule has 158 valence electrons. The number of anilines is 1. The Bertz CT molecular complexity index is 959. The third-order valence-electron chi connectivity index (χ3n) is 4.61. The molecule has 6 nitrogen and oxygen atoms in total. The average Bonchev–Trinajstić information content (AvgIpc) is 2.65. The van der Waals surface area contributed by atoms with Crippen molar-refractivity contribution >= 4 is 21.6 Å². The van der Waals surface area contributed by atoms with Gasteiger partial charge in [-0.2, -0.15) is 4.31 Å². The van der Waals surface area contributed by atoms with Gasteiger partial charge in [-0.25, -0.2) is 12.8 Å². The molecule has 0 aliphatic rings. The number of carbonyl (C=O) groups is 1. The summed E-state index contributed by atoms with van der Waals surface area (Å²) in [6, 6.07) is 11.3. The third-order valence-corrected chi connectivity index (χ3v) is 6.80. The lowest BCUT2D eigenvalue weighted by atomic mass is 10.2. The Morgan fingerprint density at radius 1 is 1.10 bits per heavy atom. The van der Waals surface area contributed by atoms with E-state index < -0.39 is 10.0 Å². The Labute approximate surface area is 172 Å². The number of nitrogens with one attached hydrogen (secondary N) is 1. The number of nitrogens with zero attached hydrogens (tertiary/aromatic N) is 2. The summed E-state index contributed by atoms with van der Waals surface area (Å²) in [5.41, 5.74) is 1.53. The van der Waals surface area contributed by atoms with E-state index in [0.29, 0.717) is 29.9 Å². The molecule has 0 saturated carbocycles. The highest BCUT2D eigenvalue weighted by atomic mass is 32.2. The molecule has 0 saturated heterocycles. The predicted octanol–water partition coefficient (Wildman–Crippen LogP) is 3.24. The maximum Gasteiger partial charge on any atom is 0.243 e. The van der Waals surface area contributed by atoms with Crippen molar-refractivity contribution in [2.45, 2.75) is 32.2 Å². The first-order chi connectivity index (χ1) is 13.7. The summed E-state index contributed by atoms with van der Waals surface area (Å²) < 4.78 is 40.8. The Kier molecular flexibility index (Phi) is 7.89. The lowest BCUT2D eigenvalue weighted by molar-refractivity contribution is -0.117. The molecule has 2 aromatic rings. The number of carbonyl (C=O) groups excluding carboxylic acids is 1. The Morgan fingerprint density at radius 2 is 1.76 bits per heavy atom. The zero-order valence-corrected chi connectivity index (χ0v) is 18.1. The van der Waals surface area contributed by atoms with Gasteiger partial charge < -0.3 is 5.32 Å². The summed E-state index contributed by atoms with van der Waals surface area (Å²) in [5, 5.41) is 2.73. The maximum absolute atomic E-state index is 13.8. The van der Waals surface area contributed by atoms with Crippen LogP contribution in [0.3, 0.4) is 0 Å². The van der Waals surface area contributed by atoms with E-state index in [9.17, 15) is 17.6 Å². The van der Waals surface area contributed by atoms with Crippen molar-refractivity contribution in [1.82, 2.24) is 9.21 Å². The van der Waals surface area contributed by atoms with Gasteiger partial charge in [-0.3, -0.25) is 9.69 Å². The summed E-state index contributed by atoms with van der Waals surface area (Å²) >= 11 is 0. The molecule has 0 heterocycles. The summed E-state index contributed by atoms with van der Waals surface area (Å²) in [7, 11) is -1.91. The fourth-order valence-corrected chi connectivity index (χ4v) is 4.79. The van der Waals surface area contributed by atoms with Crippen molar-refractivity contribution in [2.24, 2.45) is 0 Å². The van der Waals surface area contributed by atoms with E-state index in [0.717, 1.165) is 0 Å². The van der Waals surface area contributed by atoms with Crippen LogP contribution in [0, 0.1) is 12.7 Å². The van der Waals surface area contributed by atoms with Crippen LogP contribution in [-0.4, -0.2) is 50.2 Å². The number of benzene rings is 2. The zero-order chi connectivity index (χ0) is 21.6. The molecule has 0 bridgehead atoms. The molecule has 0 fully saturated rings. The number of aryl methyl sites for hydroxylation is 1. The van der Waals surface area contributed by atoms with Crippen molar-refractivity contribution in [1.29, 1.82) is 0 Å². The van der Waals surface area contributed by atoms with Crippen LogP contribution >= 0.6 is 0 Å². The van der Waals surface area contributed by atoms with Crippen molar-refractivity contribution in [3.63, 3.8) is 0 Å². The van der Waals surface area contributed by atoms with Crippen molar-refractivity contribution in [3.8, 4) is 0 Å². The van der Waals surface area contributed by atoms with Crippen LogP contribution in [0.5, 0.6) is 0 Å². The van der Waals surface area contributed by atoms with Crippen LogP contribution in [-0.2, 0) is 21.4 Å². The number of hydrogen-bond acceptors (Lipinski definition) is 4. The SMILES string of the molecule is CCN(CC)S(=O)(=O)c1cc(NC(=O)CN(C)Cc2ccccc2F)ccc1C. The van der Waals surface area contributed by atoms with Crippen LogP contribution < -0.4 is 5.32 Å². The molecule has 29 heavy (non-hydrogen) atoms. The number of sulfonamides is 1. The minimum Gasteiger partial charge on any atom is -0.325 e. The number of halogens is 1. The van der Waals surface area contributed by atoms with E-state index in [4.69, 9.17) is 0 Å². The fraction of sp³-hybridized carbons (Fsp3) is 0.381. The molecule has 0 atom stereocenters. The van der Waals surface area contributed by atoms with Crippen LogP contribution in [0.15, 0.2) is 47.4 Å². The van der Waals surface area contributed by atoms with E-state index in [1.165, 1.54) is 16.4 Å². The first-order valence-corrected chi connectivity index (χ1v) is 11.0. The molecular weight excluding hydrogens is 393 g/mol. The van der Waals surface area contributed by atoms with Gasteiger partial charge in [0, 0.05) is 30.9 Å². The Morgan fingerprint density at radius 3 is 2.38 bits per heavy atom. The van der Waals surface area contributed by atoms with Crippen molar-refractivity contribution in [2.75, 3.05) is 32.0 Å². The molecule has 0 aliphatic heterocycles. The molecule has 0 spiro atoms. The standard InChI is InChI=1S/C21H28FN3O3S/c1-5-25(6-2)29(27,28)20-13-18(12-11-16(20)3)23-21(26)15-24(4)14-17-9-7-8-10-19(17)22/h7-13H,5-6,14-15H2,1-4H3,(H,23,26). The average molecular weight is 422 g/mol. The van der Waals surface area contributed by atoms with Gasteiger partial charge in [-0.1, -0.05) is 38.1 Å². The lowest BCUT2D eigenvalue weighted by Gasteiger charge is -2.21. The molecule has 2 aromatic carbocycles. The quantitative estimate of drug-likeness (QED) is 0.675. The van der Waals surface area contributed by atoms with Gasteiger partial charge in [0.25, 0.3) is 0 Å². The minimum atomic E-state index is -3.63. The van der Waals surface area contributed by atoms with Gasteiger partial charge in [-0.15, -0.1) is 0 Å². The number of amides is 1. The van der Waals surface area contributed by atoms with E-state index in [-0.39, 0.29) is 29.7 Å². The van der Waals surface area contributed by atoms with E-state index >= 15 is 0 Å². The van der Waals surface area contributed by atoms with Crippen LogP contribution in [0.2, 0.25) is 0 Å². The number of likely N-dealkylation sites (N-methyl/N-ethyl adjacent to an activating group) is 1. The van der Waals surface area contributed by atoms with Gasteiger partial charge in [0.1, 0.15) is 5.82 Å². The molecule has 8 heteroatoms. The number of rotatable bonds is 9. The first-order valence-electron chi connectivity index (χ1n) is 9.51. The maximum atomic E-state index is 13.8. The van der Waals surface area contributed by atoms with Gasteiger partial charge >= 0.3 is 0 Å². The largest absolute Gasteiger partial charge is 0.325 e. The summed E-state index contributed by atoms with van der Waals surface area (Å²) in [5.74, 6) is -0.622. The molecule has 0 radical (unpaired) electrons. The van der Waals surface area contributed by atoms with Gasteiger partial charge in [-0.05, 0) is 37.7 Å². The van der Waals surface area contributed by atoms with Crippen molar-refractivity contribution in [3.05, 3.63) is 59.4 Å². The van der Waals surface area contributed by atoms with Crippen LogP contribution in [0.4, 0.5) is 10.1 Å². The molecule has 2 rings (SSSR count). The monoisotopic (exact) mass is 421 g/mol. The second kappa shape index (κ2) is 9.96. The molecule has 0 aromatic heterocycles. The fourth-order valence-electron chi connectivity index (χ4n) is 3.08. The third kappa shape index (κ3) is 5.85. The van der Waals surface area contributed by atoms with Crippen LogP contribution in [0.1, 0.15) is 25.0 Å². The predicted molar refractivity (Wildman–Crippen MR) is 113 cm³/mol.